The first-order valence-electron chi connectivity index (χ1n) is 8.84. The van der Waals surface area contributed by atoms with Crippen molar-refractivity contribution in [3.05, 3.63) is 48.7 Å². The molecular formula is C19H23N3O2S. The van der Waals surface area contributed by atoms with Crippen LogP contribution in [0.5, 0.6) is 0 Å². The SMILES string of the molecule is C=CCCn1ccc2cc(C3CCCN4CCS(=O)(=O)N=C34)ccc21. The molecule has 6 heteroatoms. The van der Waals surface area contributed by atoms with Gasteiger partial charge in [0, 0.05) is 37.3 Å². The predicted molar refractivity (Wildman–Crippen MR) is 102 cm³/mol. The summed E-state index contributed by atoms with van der Waals surface area (Å²) < 4.78 is 30.3. The molecule has 2 aromatic rings. The Morgan fingerprint density at radius 3 is 3.00 bits per heavy atom. The first-order chi connectivity index (χ1) is 12.1. The number of sulfonamides is 1. The number of rotatable bonds is 4. The van der Waals surface area contributed by atoms with E-state index >= 15 is 0 Å². The molecule has 0 amide bonds. The second kappa shape index (κ2) is 6.33. The number of hydrogen-bond donors (Lipinski definition) is 0. The fourth-order valence-corrected chi connectivity index (χ4v) is 4.96. The van der Waals surface area contributed by atoms with Crippen LogP contribution in [0.25, 0.3) is 10.9 Å². The van der Waals surface area contributed by atoms with Gasteiger partial charge < -0.3 is 9.47 Å². The number of nitrogens with zero attached hydrogens (tertiary/aromatic N) is 3. The summed E-state index contributed by atoms with van der Waals surface area (Å²) in [5.74, 6) is 0.946. The zero-order valence-corrected chi connectivity index (χ0v) is 15.1. The van der Waals surface area contributed by atoms with E-state index in [2.05, 4.69) is 50.9 Å². The Hall–Kier alpha value is -2.08. The molecule has 0 saturated carbocycles. The summed E-state index contributed by atoms with van der Waals surface area (Å²) in [6, 6.07) is 8.59. The van der Waals surface area contributed by atoms with Gasteiger partial charge in [0.05, 0.1) is 5.75 Å². The number of benzene rings is 1. The number of hydrogen-bond acceptors (Lipinski definition) is 3. The first-order valence-corrected chi connectivity index (χ1v) is 10.5. The molecule has 4 rings (SSSR count). The molecule has 1 saturated heterocycles. The van der Waals surface area contributed by atoms with Crippen LogP contribution < -0.4 is 0 Å². The van der Waals surface area contributed by atoms with Crippen molar-refractivity contribution < 1.29 is 8.42 Å². The Bertz CT molecular complexity index is 943. The average Bonchev–Trinajstić information content (AvgIpc) is 3.01. The van der Waals surface area contributed by atoms with E-state index in [0.29, 0.717) is 6.54 Å². The molecule has 1 atom stereocenters. The van der Waals surface area contributed by atoms with Gasteiger partial charge in [0.15, 0.2) is 0 Å². The van der Waals surface area contributed by atoms with Crippen LogP contribution >= 0.6 is 0 Å². The van der Waals surface area contributed by atoms with Gasteiger partial charge in [-0.2, -0.15) is 0 Å². The highest BCUT2D eigenvalue weighted by atomic mass is 32.2. The van der Waals surface area contributed by atoms with Crippen LogP contribution in [0.1, 0.15) is 30.7 Å². The average molecular weight is 357 g/mol. The Morgan fingerprint density at radius 2 is 2.16 bits per heavy atom. The van der Waals surface area contributed by atoms with Crippen LogP contribution in [-0.2, 0) is 16.6 Å². The maximum atomic E-state index is 12.0. The van der Waals surface area contributed by atoms with Gasteiger partial charge in [0.2, 0.25) is 0 Å². The van der Waals surface area contributed by atoms with Crippen molar-refractivity contribution in [2.75, 3.05) is 18.8 Å². The van der Waals surface area contributed by atoms with Gasteiger partial charge in [0.1, 0.15) is 5.84 Å². The lowest BCUT2D eigenvalue weighted by atomic mass is 9.88. The summed E-state index contributed by atoms with van der Waals surface area (Å²) in [6.07, 6.45) is 7.00. The van der Waals surface area contributed by atoms with Crippen LogP contribution in [0.2, 0.25) is 0 Å². The lowest BCUT2D eigenvalue weighted by Gasteiger charge is -2.37. The van der Waals surface area contributed by atoms with E-state index in [1.54, 1.807) is 0 Å². The van der Waals surface area contributed by atoms with Gasteiger partial charge in [-0.05, 0) is 48.4 Å². The molecule has 5 nitrogen and oxygen atoms in total. The number of amidine groups is 1. The Kier molecular flexibility index (Phi) is 4.15. The molecule has 0 spiro atoms. The van der Waals surface area contributed by atoms with E-state index in [-0.39, 0.29) is 11.7 Å². The second-order valence-electron chi connectivity index (χ2n) is 6.82. The van der Waals surface area contributed by atoms with Crippen LogP contribution in [0.15, 0.2) is 47.5 Å². The molecule has 1 aromatic carbocycles. The Labute approximate surface area is 148 Å². The molecular weight excluding hydrogens is 334 g/mol. The molecule has 0 radical (unpaired) electrons. The molecule has 2 aliphatic heterocycles. The third kappa shape index (κ3) is 3.11. The van der Waals surface area contributed by atoms with Crippen molar-refractivity contribution in [3.63, 3.8) is 0 Å². The van der Waals surface area contributed by atoms with Gasteiger partial charge in [-0.3, -0.25) is 0 Å². The van der Waals surface area contributed by atoms with Gasteiger partial charge in [0.25, 0.3) is 10.0 Å². The summed E-state index contributed by atoms with van der Waals surface area (Å²) >= 11 is 0. The lowest BCUT2D eigenvalue weighted by Crippen LogP contribution is -2.46. The van der Waals surface area contributed by atoms with Crippen molar-refractivity contribution >= 4 is 26.8 Å². The number of aryl methyl sites for hydroxylation is 1. The van der Waals surface area contributed by atoms with Crippen LogP contribution in [0.3, 0.4) is 0 Å². The minimum absolute atomic E-state index is 0.0738. The third-order valence-corrected chi connectivity index (χ3v) is 6.34. The van der Waals surface area contributed by atoms with Crippen molar-refractivity contribution in [2.24, 2.45) is 4.40 Å². The zero-order chi connectivity index (χ0) is 17.4. The highest BCUT2D eigenvalue weighted by Gasteiger charge is 2.33. The molecule has 2 aliphatic rings. The second-order valence-corrected chi connectivity index (χ2v) is 8.58. The van der Waals surface area contributed by atoms with E-state index in [9.17, 15) is 8.42 Å². The topological polar surface area (TPSA) is 54.7 Å². The maximum Gasteiger partial charge on any atom is 0.256 e. The maximum absolute atomic E-state index is 12.0. The van der Waals surface area contributed by atoms with Crippen LogP contribution in [0, 0.1) is 0 Å². The number of aromatic nitrogens is 1. The molecule has 1 unspecified atom stereocenters. The van der Waals surface area contributed by atoms with Gasteiger partial charge in [-0.1, -0.05) is 12.1 Å². The highest BCUT2D eigenvalue weighted by molar-refractivity contribution is 7.90. The standard InChI is InChI=1S/C19H23N3O2S/c1-2-3-9-21-11-8-16-14-15(6-7-18(16)21)17-5-4-10-22-12-13-25(23,24)20-19(17)22/h2,6-8,11,14,17H,1,3-5,9-10,12-13H2. The molecule has 132 valence electrons. The summed E-state index contributed by atoms with van der Waals surface area (Å²) in [4.78, 5) is 2.15. The largest absolute Gasteiger partial charge is 0.358 e. The van der Waals surface area contributed by atoms with E-state index < -0.39 is 10.0 Å². The summed E-state index contributed by atoms with van der Waals surface area (Å²) in [5.41, 5.74) is 2.37. The monoisotopic (exact) mass is 357 g/mol. The Balaban J connectivity index is 1.71. The van der Waals surface area contributed by atoms with Gasteiger partial charge in [-0.15, -0.1) is 11.0 Å². The molecule has 0 aliphatic carbocycles. The van der Waals surface area contributed by atoms with Crippen molar-refractivity contribution in [2.45, 2.75) is 31.7 Å². The summed E-state index contributed by atoms with van der Waals surface area (Å²) in [7, 11) is -3.31. The van der Waals surface area contributed by atoms with E-state index in [1.807, 2.05) is 6.08 Å². The van der Waals surface area contributed by atoms with Crippen molar-refractivity contribution in [1.82, 2.24) is 9.47 Å². The molecule has 0 N–H and O–H groups in total. The fraction of sp³-hybridized carbons (Fsp3) is 0.421. The minimum atomic E-state index is -3.31. The van der Waals surface area contributed by atoms with Crippen molar-refractivity contribution in [3.8, 4) is 0 Å². The number of allylic oxidation sites excluding steroid dienone is 1. The Morgan fingerprint density at radius 1 is 1.28 bits per heavy atom. The smallest absolute Gasteiger partial charge is 0.256 e. The predicted octanol–water partition coefficient (Wildman–Crippen LogP) is 3.14. The quantitative estimate of drug-likeness (QED) is 0.790. The zero-order valence-electron chi connectivity index (χ0n) is 14.3. The number of piperidine rings is 1. The van der Waals surface area contributed by atoms with Crippen LogP contribution in [0.4, 0.5) is 0 Å². The summed E-state index contributed by atoms with van der Waals surface area (Å²) in [5, 5.41) is 1.19. The van der Waals surface area contributed by atoms with Crippen molar-refractivity contribution in [1.29, 1.82) is 0 Å². The van der Waals surface area contributed by atoms with Gasteiger partial charge in [-0.25, -0.2) is 8.42 Å². The fourth-order valence-electron chi connectivity index (χ4n) is 3.89. The first kappa shape index (κ1) is 16.4. The molecule has 1 fully saturated rings. The normalized spacial score (nSPS) is 22.5. The lowest BCUT2D eigenvalue weighted by molar-refractivity contribution is 0.366. The minimum Gasteiger partial charge on any atom is -0.358 e. The summed E-state index contributed by atoms with van der Waals surface area (Å²) in [6.45, 7) is 6.19. The molecule has 1 aromatic heterocycles. The van der Waals surface area contributed by atoms with Crippen LogP contribution in [-0.4, -0.2) is 42.6 Å². The highest BCUT2D eigenvalue weighted by Crippen LogP contribution is 2.33. The van der Waals surface area contributed by atoms with E-state index in [1.165, 1.54) is 10.9 Å². The van der Waals surface area contributed by atoms with E-state index in [0.717, 1.165) is 43.8 Å². The molecule has 3 heterocycles. The van der Waals surface area contributed by atoms with Gasteiger partial charge >= 0.3 is 0 Å². The number of fused-ring (bicyclic) bond motifs is 2. The molecule has 0 bridgehead atoms. The molecule has 25 heavy (non-hydrogen) atoms. The third-order valence-electron chi connectivity index (χ3n) is 5.18. The van der Waals surface area contributed by atoms with E-state index in [4.69, 9.17) is 0 Å².